The van der Waals surface area contributed by atoms with Gasteiger partial charge in [0.15, 0.2) is 0 Å². The van der Waals surface area contributed by atoms with Crippen molar-refractivity contribution in [2.24, 2.45) is 0 Å². The average molecular weight is 311 g/mol. The molecule has 6 nitrogen and oxygen atoms in total. The lowest BCUT2D eigenvalue weighted by Crippen LogP contribution is -2.26. The van der Waals surface area contributed by atoms with E-state index in [1.807, 2.05) is 6.07 Å². The molecule has 0 radical (unpaired) electrons. The lowest BCUT2D eigenvalue weighted by molar-refractivity contribution is 0.467. The average Bonchev–Trinajstić information content (AvgIpc) is 2.92. The van der Waals surface area contributed by atoms with Crippen LogP contribution in [0.5, 0.6) is 0 Å². The number of aromatic nitrogens is 2. The summed E-state index contributed by atoms with van der Waals surface area (Å²) >= 11 is 5.93. The van der Waals surface area contributed by atoms with Gasteiger partial charge >= 0.3 is 0 Å². The second-order valence-electron chi connectivity index (χ2n) is 4.12. The van der Waals surface area contributed by atoms with Gasteiger partial charge < -0.3 is 0 Å². The Labute approximate surface area is 121 Å². The predicted molar refractivity (Wildman–Crippen MR) is 73.4 cm³/mol. The summed E-state index contributed by atoms with van der Waals surface area (Å²) in [5, 5.41) is 15.3. The summed E-state index contributed by atoms with van der Waals surface area (Å²) in [6.45, 7) is 0.159. The van der Waals surface area contributed by atoms with Crippen LogP contribution in [0.3, 0.4) is 0 Å². The van der Waals surface area contributed by atoms with Crippen LogP contribution >= 0.6 is 11.6 Å². The highest BCUT2D eigenvalue weighted by molar-refractivity contribution is 7.89. The molecule has 0 aliphatic carbocycles. The van der Waals surface area contributed by atoms with Crippen LogP contribution in [0.25, 0.3) is 0 Å². The highest BCUT2D eigenvalue weighted by Gasteiger charge is 2.24. The van der Waals surface area contributed by atoms with Crippen LogP contribution in [0.4, 0.5) is 0 Å². The van der Waals surface area contributed by atoms with Crippen LogP contribution in [-0.4, -0.2) is 30.0 Å². The molecule has 0 aliphatic heterocycles. The summed E-state index contributed by atoms with van der Waals surface area (Å²) in [4.78, 5) is -0.0794. The molecule has 1 aromatic carbocycles. The minimum absolute atomic E-state index is 0.0794. The fourth-order valence-electron chi connectivity index (χ4n) is 1.64. The number of sulfonamides is 1. The first kappa shape index (κ1) is 14.5. The normalized spacial score (nSPS) is 11.5. The summed E-state index contributed by atoms with van der Waals surface area (Å²) in [7, 11) is -2.33. The second kappa shape index (κ2) is 5.63. The fourth-order valence-corrected chi connectivity index (χ4v) is 3.30. The molecule has 104 valence electrons. The molecule has 1 heterocycles. The Morgan fingerprint density at radius 1 is 1.50 bits per heavy atom. The number of halogens is 1. The van der Waals surface area contributed by atoms with Crippen molar-refractivity contribution in [1.29, 1.82) is 5.26 Å². The van der Waals surface area contributed by atoms with Gasteiger partial charge in [-0.25, -0.2) is 8.42 Å². The van der Waals surface area contributed by atoms with E-state index < -0.39 is 10.0 Å². The quantitative estimate of drug-likeness (QED) is 0.931. The molecule has 2 rings (SSSR count). The van der Waals surface area contributed by atoms with E-state index in [4.69, 9.17) is 16.9 Å². The lowest BCUT2D eigenvalue weighted by atomic mass is 10.2. The van der Waals surface area contributed by atoms with Crippen LogP contribution < -0.4 is 0 Å². The zero-order chi connectivity index (χ0) is 14.8. The third kappa shape index (κ3) is 2.82. The Balaban J connectivity index is 2.37. The maximum absolute atomic E-state index is 12.4. The fraction of sp³-hybridized carbons (Fsp3) is 0.167. The molecule has 0 fully saturated rings. The van der Waals surface area contributed by atoms with Crippen LogP contribution in [-0.2, 0) is 16.6 Å². The molecule has 0 aliphatic rings. The molecule has 0 atom stereocenters. The number of H-pyrrole nitrogens is 1. The van der Waals surface area contributed by atoms with Gasteiger partial charge in [0.2, 0.25) is 10.0 Å². The smallest absolute Gasteiger partial charge is 0.244 e. The Hall–Kier alpha value is -1.88. The van der Waals surface area contributed by atoms with Gasteiger partial charge in [0.1, 0.15) is 4.90 Å². The highest BCUT2D eigenvalue weighted by atomic mass is 35.5. The number of benzene rings is 1. The van der Waals surface area contributed by atoms with Crippen molar-refractivity contribution in [3.8, 4) is 6.07 Å². The number of hydrogen-bond donors (Lipinski definition) is 1. The largest absolute Gasteiger partial charge is 0.285 e. The van der Waals surface area contributed by atoms with Gasteiger partial charge in [0.05, 0.1) is 22.9 Å². The summed E-state index contributed by atoms with van der Waals surface area (Å²) in [5.74, 6) is 0. The van der Waals surface area contributed by atoms with Crippen molar-refractivity contribution >= 4 is 21.6 Å². The molecule has 1 aromatic heterocycles. The first-order valence-electron chi connectivity index (χ1n) is 5.59. The third-order valence-corrected chi connectivity index (χ3v) is 4.99. The molecule has 0 spiro atoms. The van der Waals surface area contributed by atoms with Gasteiger partial charge in [-0.3, -0.25) is 5.10 Å². The monoisotopic (exact) mass is 310 g/mol. The number of nitrogens with one attached hydrogen (secondary N) is 1. The van der Waals surface area contributed by atoms with Crippen LogP contribution in [0.1, 0.15) is 11.1 Å². The molecule has 8 heteroatoms. The van der Waals surface area contributed by atoms with Crippen LogP contribution in [0, 0.1) is 11.3 Å². The van der Waals surface area contributed by atoms with Gasteiger partial charge in [-0.1, -0.05) is 11.6 Å². The predicted octanol–water partition coefficient (Wildman–Crippen LogP) is 1.76. The van der Waals surface area contributed by atoms with Crippen molar-refractivity contribution in [2.45, 2.75) is 11.4 Å². The van der Waals surface area contributed by atoms with E-state index >= 15 is 0 Å². The molecule has 20 heavy (non-hydrogen) atoms. The number of nitriles is 1. The van der Waals surface area contributed by atoms with Crippen molar-refractivity contribution < 1.29 is 8.42 Å². The third-order valence-electron chi connectivity index (χ3n) is 2.71. The first-order chi connectivity index (χ1) is 9.45. The van der Waals surface area contributed by atoms with E-state index in [2.05, 4.69) is 10.2 Å². The maximum Gasteiger partial charge on any atom is 0.244 e. The topological polar surface area (TPSA) is 89.8 Å². The van der Waals surface area contributed by atoms with Gasteiger partial charge in [0, 0.05) is 25.4 Å². The lowest BCUT2D eigenvalue weighted by Gasteiger charge is -2.17. The number of hydrogen-bond acceptors (Lipinski definition) is 4. The van der Waals surface area contributed by atoms with E-state index in [1.54, 1.807) is 12.4 Å². The molecule has 1 N–H and O–H groups in total. The molecule has 0 saturated heterocycles. The van der Waals surface area contributed by atoms with Crippen molar-refractivity contribution in [1.82, 2.24) is 14.5 Å². The Morgan fingerprint density at radius 3 is 2.85 bits per heavy atom. The SMILES string of the molecule is CN(Cc1cn[nH]c1)S(=O)(=O)c1cc(C#N)ccc1Cl. The minimum atomic E-state index is -3.77. The molecule has 0 saturated carbocycles. The van der Waals surface area contributed by atoms with Crippen molar-refractivity contribution in [2.75, 3.05) is 7.05 Å². The van der Waals surface area contributed by atoms with Gasteiger partial charge in [-0.15, -0.1) is 0 Å². The van der Waals surface area contributed by atoms with E-state index in [0.717, 1.165) is 9.87 Å². The molecule has 0 unspecified atom stereocenters. The summed E-state index contributed by atoms with van der Waals surface area (Å²) in [6, 6.07) is 6.03. The second-order valence-corrected chi connectivity index (χ2v) is 6.55. The van der Waals surface area contributed by atoms with E-state index in [9.17, 15) is 8.42 Å². The zero-order valence-corrected chi connectivity index (χ0v) is 12.1. The molecule has 2 aromatic rings. The maximum atomic E-state index is 12.4. The van der Waals surface area contributed by atoms with Crippen molar-refractivity contribution in [3.63, 3.8) is 0 Å². The molecule has 0 amide bonds. The number of nitrogens with zero attached hydrogens (tertiary/aromatic N) is 3. The van der Waals surface area contributed by atoms with Crippen molar-refractivity contribution in [3.05, 3.63) is 46.7 Å². The summed E-state index contributed by atoms with van der Waals surface area (Å²) in [5.41, 5.74) is 0.966. The van der Waals surface area contributed by atoms with Gasteiger partial charge in [-0.2, -0.15) is 14.7 Å². The van der Waals surface area contributed by atoms with Crippen LogP contribution in [0.15, 0.2) is 35.5 Å². The van der Waals surface area contributed by atoms with Gasteiger partial charge in [0.25, 0.3) is 0 Å². The van der Waals surface area contributed by atoms with Gasteiger partial charge in [-0.05, 0) is 18.2 Å². The Bertz CT molecular complexity index is 750. The Morgan fingerprint density at radius 2 is 2.25 bits per heavy atom. The Kier molecular flexibility index (Phi) is 4.09. The standard InChI is InChI=1S/C12H11ClN4O2S/c1-17(8-10-6-15-16-7-10)20(18,19)12-4-9(5-14)2-3-11(12)13/h2-4,6-7H,8H2,1H3,(H,15,16). The summed E-state index contributed by atoms with van der Waals surface area (Å²) < 4.78 is 26.1. The zero-order valence-electron chi connectivity index (χ0n) is 10.5. The molecular formula is C12H11ClN4O2S. The highest BCUT2D eigenvalue weighted by Crippen LogP contribution is 2.25. The van der Waals surface area contributed by atoms with E-state index in [0.29, 0.717) is 0 Å². The van der Waals surface area contributed by atoms with E-state index in [-0.39, 0.29) is 22.0 Å². The number of rotatable bonds is 4. The number of aromatic amines is 1. The molecular weight excluding hydrogens is 300 g/mol. The van der Waals surface area contributed by atoms with Crippen LogP contribution in [0.2, 0.25) is 5.02 Å². The first-order valence-corrected chi connectivity index (χ1v) is 7.40. The molecule has 0 bridgehead atoms. The van der Waals surface area contributed by atoms with E-state index in [1.165, 1.54) is 25.2 Å². The minimum Gasteiger partial charge on any atom is -0.285 e. The summed E-state index contributed by atoms with van der Waals surface area (Å²) in [6.07, 6.45) is 3.15.